The van der Waals surface area contributed by atoms with Gasteiger partial charge >= 0.3 is 0 Å². The second kappa shape index (κ2) is 5.16. The fourth-order valence-electron chi connectivity index (χ4n) is 3.46. The van der Waals surface area contributed by atoms with E-state index in [9.17, 15) is 9.59 Å². The average molecular weight is 257 g/mol. The van der Waals surface area contributed by atoms with Gasteiger partial charge in [-0.15, -0.1) is 0 Å². The van der Waals surface area contributed by atoms with E-state index < -0.39 is 0 Å². The Balaban J connectivity index is 1.66. The highest BCUT2D eigenvalue weighted by Gasteiger charge is 2.41. The van der Waals surface area contributed by atoms with E-state index in [1.165, 1.54) is 0 Å². The van der Waals surface area contributed by atoms with Gasteiger partial charge in [0.05, 0.1) is 0 Å². The second-order valence-electron chi connectivity index (χ2n) is 5.75. The van der Waals surface area contributed by atoms with Crippen LogP contribution in [0.4, 0.5) is 5.69 Å². The number of nitrogens with one attached hydrogen (secondary N) is 1. The summed E-state index contributed by atoms with van der Waals surface area (Å²) < 4.78 is 0. The van der Waals surface area contributed by atoms with Crippen LogP contribution in [0.5, 0.6) is 0 Å². The number of rotatable bonds is 2. The van der Waals surface area contributed by atoms with Crippen LogP contribution in [0.2, 0.25) is 0 Å². The lowest BCUT2D eigenvalue weighted by atomic mass is 9.67. The molecule has 1 unspecified atom stereocenters. The zero-order chi connectivity index (χ0) is 13.2. The van der Waals surface area contributed by atoms with Crippen molar-refractivity contribution in [2.45, 2.75) is 32.1 Å². The number of Topliss-reactive ketones (excluding diaryl/α,β-unsaturated/α-hetero) is 1. The van der Waals surface area contributed by atoms with E-state index in [0.29, 0.717) is 5.78 Å². The van der Waals surface area contributed by atoms with E-state index in [1.807, 2.05) is 30.3 Å². The standard InChI is InChI=1S/C16H19NO2/c18-15-11-5-4-6-12(15)10-13(9-11)16(19)17-14-7-2-1-3-8-14/h1-3,7-8,11-13H,4-6,9-10H2,(H,17,19)/t11-,12+,13?. The van der Waals surface area contributed by atoms with Crippen LogP contribution >= 0.6 is 0 Å². The van der Waals surface area contributed by atoms with Crippen molar-refractivity contribution in [3.8, 4) is 0 Å². The number of amides is 1. The summed E-state index contributed by atoms with van der Waals surface area (Å²) in [5.41, 5.74) is 0.842. The van der Waals surface area contributed by atoms with Crippen LogP contribution in [0.1, 0.15) is 32.1 Å². The molecule has 1 amide bonds. The first-order valence-electron chi connectivity index (χ1n) is 7.13. The summed E-state index contributed by atoms with van der Waals surface area (Å²) in [5, 5.41) is 2.97. The van der Waals surface area contributed by atoms with Gasteiger partial charge in [-0.25, -0.2) is 0 Å². The lowest BCUT2D eigenvalue weighted by Gasteiger charge is -2.36. The van der Waals surface area contributed by atoms with Gasteiger partial charge in [0.25, 0.3) is 0 Å². The molecule has 2 aliphatic carbocycles. The first-order valence-corrected chi connectivity index (χ1v) is 7.13. The molecule has 1 N–H and O–H groups in total. The third-order valence-corrected chi connectivity index (χ3v) is 4.46. The zero-order valence-electron chi connectivity index (χ0n) is 11.0. The lowest BCUT2D eigenvalue weighted by molar-refractivity contribution is -0.136. The maximum atomic E-state index is 12.3. The molecule has 3 rings (SSSR count). The Morgan fingerprint density at radius 1 is 1.05 bits per heavy atom. The Bertz CT molecular complexity index is 467. The summed E-state index contributed by atoms with van der Waals surface area (Å²) >= 11 is 0. The lowest BCUT2D eigenvalue weighted by Crippen LogP contribution is -2.40. The molecular formula is C16H19NO2. The number of carbonyl (C=O) groups excluding carboxylic acids is 2. The Morgan fingerprint density at radius 3 is 2.32 bits per heavy atom. The molecule has 3 heteroatoms. The normalized spacial score (nSPS) is 29.9. The number of para-hydroxylation sites is 1. The SMILES string of the molecule is O=C(Nc1ccccc1)C1C[C@H]2CCC[C@@H](C1)C2=O. The van der Waals surface area contributed by atoms with Gasteiger partial charge in [0.15, 0.2) is 0 Å². The highest BCUT2D eigenvalue weighted by atomic mass is 16.2. The summed E-state index contributed by atoms with van der Waals surface area (Å²) in [7, 11) is 0. The summed E-state index contributed by atoms with van der Waals surface area (Å²) in [6.45, 7) is 0. The molecule has 3 atom stereocenters. The second-order valence-corrected chi connectivity index (χ2v) is 5.75. The van der Waals surface area contributed by atoms with Crippen LogP contribution in [0.15, 0.2) is 30.3 Å². The maximum absolute atomic E-state index is 12.3. The van der Waals surface area contributed by atoms with Gasteiger partial charge in [0, 0.05) is 23.4 Å². The molecule has 2 saturated carbocycles. The molecule has 19 heavy (non-hydrogen) atoms. The molecule has 100 valence electrons. The molecule has 0 aromatic heterocycles. The van der Waals surface area contributed by atoms with Crippen LogP contribution in [-0.4, -0.2) is 11.7 Å². The Labute approximate surface area is 113 Å². The highest BCUT2D eigenvalue weighted by molar-refractivity contribution is 5.95. The van der Waals surface area contributed by atoms with Crippen molar-refractivity contribution in [3.05, 3.63) is 30.3 Å². The molecular weight excluding hydrogens is 238 g/mol. The largest absolute Gasteiger partial charge is 0.326 e. The summed E-state index contributed by atoms with van der Waals surface area (Å²) in [4.78, 5) is 24.3. The van der Waals surface area contributed by atoms with E-state index in [2.05, 4.69) is 5.32 Å². The first-order chi connectivity index (χ1) is 9.24. The van der Waals surface area contributed by atoms with E-state index in [0.717, 1.165) is 37.8 Å². The number of ketones is 1. The van der Waals surface area contributed by atoms with Gasteiger partial charge in [0.2, 0.25) is 5.91 Å². The minimum Gasteiger partial charge on any atom is -0.326 e. The molecule has 2 aliphatic rings. The number of carbonyl (C=O) groups is 2. The Hall–Kier alpha value is -1.64. The van der Waals surface area contributed by atoms with E-state index in [4.69, 9.17) is 0 Å². The van der Waals surface area contributed by atoms with Crippen molar-refractivity contribution >= 4 is 17.4 Å². The van der Waals surface area contributed by atoms with Crippen LogP contribution in [0.25, 0.3) is 0 Å². The third-order valence-electron chi connectivity index (χ3n) is 4.46. The monoisotopic (exact) mass is 257 g/mol. The Morgan fingerprint density at radius 2 is 1.68 bits per heavy atom. The molecule has 0 radical (unpaired) electrons. The van der Waals surface area contributed by atoms with Crippen molar-refractivity contribution in [2.75, 3.05) is 5.32 Å². The average Bonchev–Trinajstić information content (AvgIpc) is 2.39. The predicted molar refractivity (Wildman–Crippen MR) is 73.6 cm³/mol. The topological polar surface area (TPSA) is 46.2 Å². The number of benzene rings is 1. The number of fused-ring (bicyclic) bond motifs is 2. The molecule has 1 aromatic carbocycles. The molecule has 3 nitrogen and oxygen atoms in total. The highest BCUT2D eigenvalue weighted by Crippen LogP contribution is 2.40. The minimum absolute atomic E-state index is 0.00760. The smallest absolute Gasteiger partial charge is 0.227 e. The van der Waals surface area contributed by atoms with Gasteiger partial charge in [-0.1, -0.05) is 24.6 Å². The molecule has 0 heterocycles. The van der Waals surface area contributed by atoms with Gasteiger partial charge in [-0.3, -0.25) is 9.59 Å². The molecule has 0 aliphatic heterocycles. The minimum atomic E-state index is 0.00760. The van der Waals surface area contributed by atoms with Crippen molar-refractivity contribution in [2.24, 2.45) is 17.8 Å². The van der Waals surface area contributed by atoms with E-state index >= 15 is 0 Å². The molecule has 0 spiro atoms. The summed E-state index contributed by atoms with van der Waals surface area (Å²) in [6.07, 6.45) is 4.59. The summed E-state index contributed by atoms with van der Waals surface area (Å²) in [5.74, 6) is 0.775. The van der Waals surface area contributed by atoms with Crippen LogP contribution < -0.4 is 5.32 Å². The molecule has 0 saturated heterocycles. The van der Waals surface area contributed by atoms with Crippen molar-refractivity contribution < 1.29 is 9.59 Å². The number of anilines is 1. The summed E-state index contributed by atoms with van der Waals surface area (Å²) in [6, 6.07) is 9.54. The molecule has 1 aromatic rings. The van der Waals surface area contributed by atoms with Crippen LogP contribution in [-0.2, 0) is 9.59 Å². The number of hydrogen-bond donors (Lipinski definition) is 1. The van der Waals surface area contributed by atoms with Crippen LogP contribution in [0, 0.1) is 17.8 Å². The first kappa shape index (κ1) is 12.4. The number of hydrogen-bond acceptors (Lipinski definition) is 2. The fraction of sp³-hybridized carbons (Fsp3) is 0.500. The van der Waals surface area contributed by atoms with Gasteiger partial charge < -0.3 is 5.32 Å². The fourth-order valence-corrected chi connectivity index (χ4v) is 3.46. The van der Waals surface area contributed by atoms with Gasteiger partial charge in [0.1, 0.15) is 5.78 Å². The van der Waals surface area contributed by atoms with Crippen molar-refractivity contribution in [3.63, 3.8) is 0 Å². The van der Waals surface area contributed by atoms with Crippen molar-refractivity contribution in [1.82, 2.24) is 0 Å². The quantitative estimate of drug-likeness (QED) is 0.885. The van der Waals surface area contributed by atoms with E-state index in [-0.39, 0.29) is 23.7 Å². The van der Waals surface area contributed by atoms with Gasteiger partial charge in [-0.2, -0.15) is 0 Å². The molecule has 2 fully saturated rings. The van der Waals surface area contributed by atoms with E-state index in [1.54, 1.807) is 0 Å². The van der Waals surface area contributed by atoms with Crippen molar-refractivity contribution in [1.29, 1.82) is 0 Å². The van der Waals surface area contributed by atoms with Crippen LogP contribution in [0.3, 0.4) is 0 Å². The van der Waals surface area contributed by atoms with Gasteiger partial charge in [-0.05, 0) is 37.8 Å². The predicted octanol–water partition coefficient (Wildman–Crippen LogP) is 3.02. The Kier molecular flexibility index (Phi) is 3.36. The molecule has 2 bridgehead atoms. The zero-order valence-corrected chi connectivity index (χ0v) is 11.0. The third kappa shape index (κ3) is 2.55. The maximum Gasteiger partial charge on any atom is 0.227 e.